The van der Waals surface area contributed by atoms with Gasteiger partial charge in [-0.1, -0.05) is 23.7 Å². The summed E-state index contributed by atoms with van der Waals surface area (Å²) in [6.45, 7) is 3.44. The first-order valence-electron chi connectivity index (χ1n) is 7.30. The van der Waals surface area contributed by atoms with Crippen LogP contribution in [0.25, 0.3) is 0 Å². The molecule has 22 heavy (non-hydrogen) atoms. The Labute approximate surface area is 137 Å². The third kappa shape index (κ3) is 7.43. The standard InChI is InChI=1S/C16H24ClN3O2/c1-13(21)20(12-16(22)18-9-11-19(2)3)10-8-14-4-6-15(17)7-5-14/h4-7H,8-12H2,1-3H3,(H,18,22). The van der Waals surface area contributed by atoms with Gasteiger partial charge in [-0.2, -0.15) is 0 Å². The molecule has 0 saturated carbocycles. The molecule has 0 fully saturated rings. The Morgan fingerprint density at radius 1 is 1.14 bits per heavy atom. The Bertz CT molecular complexity index is 489. The van der Waals surface area contributed by atoms with Crippen LogP contribution in [0.5, 0.6) is 0 Å². The highest BCUT2D eigenvalue weighted by atomic mass is 35.5. The van der Waals surface area contributed by atoms with Gasteiger partial charge in [0.1, 0.15) is 0 Å². The molecule has 0 aliphatic rings. The number of hydrogen-bond acceptors (Lipinski definition) is 3. The molecular weight excluding hydrogens is 302 g/mol. The predicted molar refractivity (Wildman–Crippen MR) is 89.0 cm³/mol. The van der Waals surface area contributed by atoms with Gasteiger partial charge in [0.15, 0.2) is 0 Å². The first-order chi connectivity index (χ1) is 10.4. The fourth-order valence-corrected chi connectivity index (χ4v) is 2.04. The van der Waals surface area contributed by atoms with Crippen LogP contribution in [0.15, 0.2) is 24.3 Å². The van der Waals surface area contributed by atoms with E-state index < -0.39 is 0 Å². The fourth-order valence-electron chi connectivity index (χ4n) is 1.91. The van der Waals surface area contributed by atoms with Crippen LogP contribution < -0.4 is 5.32 Å². The zero-order valence-electron chi connectivity index (χ0n) is 13.4. The van der Waals surface area contributed by atoms with Crippen molar-refractivity contribution in [1.29, 1.82) is 0 Å². The van der Waals surface area contributed by atoms with Crippen molar-refractivity contribution < 1.29 is 9.59 Å². The third-order valence-electron chi connectivity index (χ3n) is 3.24. The first-order valence-corrected chi connectivity index (χ1v) is 7.67. The molecule has 0 heterocycles. The lowest BCUT2D eigenvalue weighted by molar-refractivity contribution is -0.134. The maximum absolute atomic E-state index is 11.9. The van der Waals surface area contributed by atoms with Crippen molar-refractivity contribution in [3.8, 4) is 0 Å². The lowest BCUT2D eigenvalue weighted by atomic mass is 10.1. The Hall–Kier alpha value is -1.59. The zero-order chi connectivity index (χ0) is 16.5. The van der Waals surface area contributed by atoms with Gasteiger partial charge in [0.05, 0.1) is 6.54 Å². The summed E-state index contributed by atoms with van der Waals surface area (Å²) >= 11 is 5.84. The van der Waals surface area contributed by atoms with E-state index in [2.05, 4.69) is 5.32 Å². The average molecular weight is 326 g/mol. The minimum Gasteiger partial charge on any atom is -0.353 e. The zero-order valence-corrected chi connectivity index (χ0v) is 14.2. The van der Waals surface area contributed by atoms with Gasteiger partial charge >= 0.3 is 0 Å². The van der Waals surface area contributed by atoms with Gasteiger partial charge in [-0.05, 0) is 38.2 Å². The molecule has 2 amide bonds. The lowest BCUT2D eigenvalue weighted by Gasteiger charge is -2.21. The van der Waals surface area contributed by atoms with E-state index in [0.29, 0.717) is 24.5 Å². The van der Waals surface area contributed by atoms with E-state index >= 15 is 0 Å². The quantitative estimate of drug-likeness (QED) is 0.786. The molecule has 1 N–H and O–H groups in total. The van der Waals surface area contributed by atoms with Gasteiger partial charge in [-0.15, -0.1) is 0 Å². The highest BCUT2D eigenvalue weighted by Crippen LogP contribution is 2.10. The van der Waals surface area contributed by atoms with E-state index in [0.717, 1.165) is 12.1 Å². The third-order valence-corrected chi connectivity index (χ3v) is 3.50. The fraction of sp³-hybridized carbons (Fsp3) is 0.500. The van der Waals surface area contributed by atoms with Gasteiger partial charge in [0.2, 0.25) is 11.8 Å². The maximum atomic E-state index is 11.9. The second-order valence-electron chi connectivity index (χ2n) is 5.47. The molecule has 0 aliphatic carbocycles. The van der Waals surface area contributed by atoms with Crippen LogP contribution in [-0.4, -0.2) is 61.9 Å². The van der Waals surface area contributed by atoms with Crippen molar-refractivity contribution >= 4 is 23.4 Å². The number of rotatable bonds is 8. The normalized spacial score (nSPS) is 10.6. The van der Waals surface area contributed by atoms with Gasteiger partial charge in [-0.25, -0.2) is 0 Å². The number of likely N-dealkylation sites (N-methyl/N-ethyl adjacent to an activating group) is 1. The number of hydrogen-bond donors (Lipinski definition) is 1. The van der Waals surface area contributed by atoms with Crippen LogP contribution in [-0.2, 0) is 16.0 Å². The second kappa shape index (κ2) is 9.43. The van der Waals surface area contributed by atoms with Crippen molar-refractivity contribution in [3.05, 3.63) is 34.9 Å². The van der Waals surface area contributed by atoms with Crippen LogP contribution in [0.3, 0.4) is 0 Å². The number of amides is 2. The molecule has 122 valence electrons. The largest absolute Gasteiger partial charge is 0.353 e. The van der Waals surface area contributed by atoms with Gasteiger partial charge in [0.25, 0.3) is 0 Å². The van der Waals surface area contributed by atoms with Crippen LogP contribution in [0.2, 0.25) is 5.02 Å². The molecule has 1 aromatic carbocycles. The molecule has 0 saturated heterocycles. The summed E-state index contributed by atoms with van der Waals surface area (Å²) in [6.07, 6.45) is 0.696. The molecule has 0 radical (unpaired) electrons. The predicted octanol–water partition coefficient (Wildman–Crippen LogP) is 1.41. The average Bonchev–Trinajstić information content (AvgIpc) is 2.44. The monoisotopic (exact) mass is 325 g/mol. The lowest BCUT2D eigenvalue weighted by Crippen LogP contribution is -2.42. The molecule has 0 atom stereocenters. The Morgan fingerprint density at radius 3 is 2.32 bits per heavy atom. The van der Waals surface area contributed by atoms with Crippen LogP contribution in [0.4, 0.5) is 0 Å². The molecule has 0 unspecified atom stereocenters. The number of nitrogens with one attached hydrogen (secondary N) is 1. The SMILES string of the molecule is CC(=O)N(CCc1ccc(Cl)cc1)CC(=O)NCCN(C)C. The van der Waals surface area contributed by atoms with Gasteiger partial charge in [-0.3, -0.25) is 9.59 Å². The number of carbonyl (C=O) groups is 2. The van der Waals surface area contributed by atoms with E-state index in [4.69, 9.17) is 11.6 Å². The van der Waals surface area contributed by atoms with E-state index in [1.54, 1.807) is 4.90 Å². The highest BCUT2D eigenvalue weighted by molar-refractivity contribution is 6.30. The van der Waals surface area contributed by atoms with Crippen LogP contribution in [0, 0.1) is 0 Å². The summed E-state index contributed by atoms with van der Waals surface area (Å²) in [5.74, 6) is -0.232. The number of nitrogens with zero attached hydrogens (tertiary/aromatic N) is 2. The first kappa shape index (κ1) is 18.5. The summed E-state index contributed by atoms with van der Waals surface area (Å²) in [5.41, 5.74) is 1.09. The summed E-state index contributed by atoms with van der Waals surface area (Å²) < 4.78 is 0. The van der Waals surface area contributed by atoms with E-state index in [-0.39, 0.29) is 18.4 Å². The molecule has 0 aromatic heterocycles. The molecule has 1 aromatic rings. The van der Waals surface area contributed by atoms with Crippen LogP contribution >= 0.6 is 11.6 Å². The van der Waals surface area contributed by atoms with E-state index in [9.17, 15) is 9.59 Å². The summed E-state index contributed by atoms with van der Waals surface area (Å²) in [7, 11) is 3.89. The summed E-state index contributed by atoms with van der Waals surface area (Å²) in [4.78, 5) is 27.1. The Morgan fingerprint density at radius 2 is 1.77 bits per heavy atom. The molecule has 0 spiro atoms. The van der Waals surface area contributed by atoms with Crippen molar-refractivity contribution in [2.75, 3.05) is 40.3 Å². The Balaban J connectivity index is 2.43. The number of halogens is 1. The minimum absolute atomic E-state index is 0.0936. The van der Waals surface area contributed by atoms with E-state index in [1.165, 1.54) is 6.92 Å². The molecule has 1 rings (SSSR count). The molecular formula is C16H24ClN3O2. The van der Waals surface area contributed by atoms with Crippen molar-refractivity contribution in [2.45, 2.75) is 13.3 Å². The molecule has 0 aliphatic heterocycles. The van der Waals surface area contributed by atoms with Gasteiger partial charge < -0.3 is 15.1 Å². The van der Waals surface area contributed by atoms with Crippen molar-refractivity contribution in [1.82, 2.24) is 15.1 Å². The molecule has 5 nitrogen and oxygen atoms in total. The summed E-state index contributed by atoms with van der Waals surface area (Å²) in [5, 5.41) is 3.50. The Kier molecular flexibility index (Phi) is 7.91. The molecule has 0 bridgehead atoms. The molecule has 6 heteroatoms. The van der Waals surface area contributed by atoms with Gasteiger partial charge in [0, 0.05) is 31.6 Å². The number of carbonyl (C=O) groups excluding carboxylic acids is 2. The van der Waals surface area contributed by atoms with Crippen molar-refractivity contribution in [2.24, 2.45) is 0 Å². The van der Waals surface area contributed by atoms with Crippen LogP contribution in [0.1, 0.15) is 12.5 Å². The smallest absolute Gasteiger partial charge is 0.239 e. The number of benzene rings is 1. The van der Waals surface area contributed by atoms with Crippen molar-refractivity contribution in [3.63, 3.8) is 0 Å². The maximum Gasteiger partial charge on any atom is 0.239 e. The second-order valence-corrected chi connectivity index (χ2v) is 5.91. The highest BCUT2D eigenvalue weighted by Gasteiger charge is 2.13. The topological polar surface area (TPSA) is 52.7 Å². The van der Waals surface area contributed by atoms with E-state index in [1.807, 2.05) is 43.3 Å². The summed E-state index contributed by atoms with van der Waals surface area (Å²) in [6, 6.07) is 7.50. The minimum atomic E-state index is -0.131.